The summed E-state index contributed by atoms with van der Waals surface area (Å²) in [6.45, 7) is 11.8. The third-order valence-corrected chi connectivity index (χ3v) is 6.97. The van der Waals surface area contributed by atoms with Crippen LogP contribution in [0.2, 0.25) is 0 Å². The number of hydrogen-bond donors (Lipinski definition) is 0. The van der Waals surface area contributed by atoms with Gasteiger partial charge < -0.3 is 0 Å². The Balaban J connectivity index is 2.51. The summed E-state index contributed by atoms with van der Waals surface area (Å²) in [5.41, 5.74) is 1.39. The molecule has 1 fully saturated rings. The molecule has 0 aromatic rings. The van der Waals surface area contributed by atoms with Crippen LogP contribution in [0.4, 0.5) is 0 Å². The molecule has 1 saturated carbocycles. The molecule has 0 aromatic carbocycles. The molecule has 0 radical (unpaired) electrons. The Bertz CT molecular complexity index is 225. The van der Waals surface area contributed by atoms with E-state index in [-0.39, 0.29) is 0 Å². The lowest BCUT2D eigenvalue weighted by atomic mass is 9.72. The van der Waals surface area contributed by atoms with Crippen LogP contribution in [0.3, 0.4) is 0 Å². The van der Waals surface area contributed by atoms with E-state index in [1.807, 2.05) is 0 Å². The largest absolute Gasteiger partial charge is 0.0978 e. The van der Waals surface area contributed by atoms with Gasteiger partial charge in [0, 0.05) is 0 Å². The van der Waals surface area contributed by atoms with E-state index in [9.17, 15) is 0 Å². The summed E-state index contributed by atoms with van der Waals surface area (Å²) in [5.74, 6) is 0.931. The van der Waals surface area contributed by atoms with E-state index in [1.54, 1.807) is 0 Å². The average molecular weight is 232 g/mol. The van der Waals surface area contributed by atoms with Crippen LogP contribution in [-0.2, 0) is 11.8 Å². The standard InChI is InChI=1S/C12H25PS/c1-12(2,3)10-6-8-11(9-7-10)13(4,5)14/h10-11H,6-9H2,1-5H3. The molecule has 0 aromatic heterocycles. The van der Waals surface area contributed by atoms with Gasteiger partial charge >= 0.3 is 0 Å². The molecule has 0 N–H and O–H groups in total. The molecule has 84 valence electrons. The summed E-state index contributed by atoms with van der Waals surface area (Å²) in [6, 6.07) is -0.987. The molecule has 1 rings (SSSR count). The second kappa shape index (κ2) is 4.26. The van der Waals surface area contributed by atoms with Crippen LogP contribution in [0.15, 0.2) is 0 Å². The Morgan fingerprint density at radius 3 is 1.71 bits per heavy atom. The van der Waals surface area contributed by atoms with Crippen molar-refractivity contribution in [2.24, 2.45) is 11.3 Å². The van der Waals surface area contributed by atoms with Crippen molar-refractivity contribution in [1.29, 1.82) is 0 Å². The van der Waals surface area contributed by atoms with Gasteiger partial charge in [0.1, 0.15) is 0 Å². The molecule has 2 heteroatoms. The lowest BCUT2D eigenvalue weighted by Gasteiger charge is -2.39. The molecule has 14 heavy (non-hydrogen) atoms. The minimum atomic E-state index is -0.987. The van der Waals surface area contributed by atoms with Crippen LogP contribution in [0.5, 0.6) is 0 Å². The van der Waals surface area contributed by atoms with Gasteiger partial charge in [-0.25, -0.2) is 0 Å². The molecule has 0 atom stereocenters. The highest BCUT2D eigenvalue weighted by molar-refractivity contribution is 8.14. The van der Waals surface area contributed by atoms with Gasteiger partial charge in [0.15, 0.2) is 0 Å². The minimum absolute atomic E-state index is 0.509. The zero-order valence-electron chi connectivity index (χ0n) is 10.3. The van der Waals surface area contributed by atoms with Crippen LogP contribution in [0.1, 0.15) is 46.5 Å². The Labute approximate surface area is 94.9 Å². The van der Waals surface area contributed by atoms with E-state index in [2.05, 4.69) is 34.1 Å². The maximum absolute atomic E-state index is 5.65. The molecule has 0 nitrogen and oxygen atoms in total. The van der Waals surface area contributed by atoms with Crippen molar-refractivity contribution in [2.75, 3.05) is 13.3 Å². The zero-order valence-corrected chi connectivity index (χ0v) is 12.0. The topological polar surface area (TPSA) is 0 Å². The molecule has 0 unspecified atom stereocenters. The molecule has 0 heterocycles. The van der Waals surface area contributed by atoms with Crippen molar-refractivity contribution < 1.29 is 0 Å². The number of rotatable bonds is 1. The first-order valence-electron chi connectivity index (χ1n) is 5.76. The van der Waals surface area contributed by atoms with Gasteiger partial charge in [-0.3, -0.25) is 0 Å². The van der Waals surface area contributed by atoms with E-state index in [0.717, 1.165) is 11.6 Å². The Hall–Kier alpha value is 0.650. The van der Waals surface area contributed by atoms with E-state index < -0.39 is 6.04 Å². The van der Waals surface area contributed by atoms with Gasteiger partial charge in [-0.1, -0.05) is 32.6 Å². The molecule has 1 aliphatic rings. The normalized spacial score (nSPS) is 30.4. The van der Waals surface area contributed by atoms with Crippen molar-refractivity contribution >= 4 is 17.8 Å². The molecule has 0 aliphatic heterocycles. The Morgan fingerprint density at radius 1 is 1.00 bits per heavy atom. The Kier molecular flexibility index (Phi) is 3.87. The molecule has 0 spiro atoms. The van der Waals surface area contributed by atoms with Gasteiger partial charge in [0.25, 0.3) is 0 Å². The summed E-state index contributed by atoms with van der Waals surface area (Å²) < 4.78 is 0. The van der Waals surface area contributed by atoms with E-state index in [1.165, 1.54) is 25.7 Å². The lowest BCUT2D eigenvalue weighted by Crippen LogP contribution is -2.27. The van der Waals surface area contributed by atoms with E-state index in [0.29, 0.717) is 5.41 Å². The molecule has 0 bridgehead atoms. The summed E-state index contributed by atoms with van der Waals surface area (Å²) in [4.78, 5) is 0. The van der Waals surface area contributed by atoms with Crippen molar-refractivity contribution in [3.05, 3.63) is 0 Å². The summed E-state index contributed by atoms with van der Waals surface area (Å²) >= 11 is 5.65. The maximum atomic E-state index is 5.65. The molecular weight excluding hydrogens is 207 g/mol. The zero-order chi connectivity index (χ0) is 11.0. The van der Waals surface area contributed by atoms with Crippen molar-refractivity contribution in [3.63, 3.8) is 0 Å². The highest BCUT2D eigenvalue weighted by Gasteiger charge is 2.32. The molecule has 1 aliphatic carbocycles. The second-order valence-electron chi connectivity index (χ2n) is 6.31. The SMILES string of the molecule is CC(C)(C)C1CCC(P(C)(C)=S)CC1. The first kappa shape index (κ1) is 12.7. The van der Waals surface area contributed by atoms with Gasteiger partial charge in [0.05, 0.1) is 0 Å². The maximum Gasteiger partial charge on any atom is -0.0123 e. The highest BCUT2D eigenvalue weighted by atomic mass is 32.4. The number of hydrogen-bond acceptors (Lipinski definition) is 1. The highest BCUT2D eigenvalue weighted by Crippen LogP contribution is 2.52. The average Bonchev–Trinajstić information content (AvgIpc) is 2.01. The van der Waals surface area contributed by atoms with Gasteiger partial charge in [-0.05, 0) is 62.0 Å². The first-order valence-corrected chi connectivity index (χ1v) is 9.52. The fraction of sp³-hybridized carbons (Fsp3) is 1.00. The minimum Gasteiger partial charge on any atom is -0.0978 e. The smallest absolute Gasteiger partial charge is 0.0123 e. The lowest BCUT2D eigenvalue weighted by molar-refractivity contribution is 0.181. The van der Waals surface area contributed by atoms with Crippen LogP contribution in [-0.4, -0.2) is 19.0 Å². The quantitative estimate of drug-likeness (QED) is 0.606. The second-order valence-corrected chi connectivity index (χ2v) is 12.7. The van der Waals surface area contributed by atoms with Crippen LogP contribution >= 0.6 is 6.04 Å². The van der Waals surface area contributed by atoms with Crippen molar-refractivity contribution in [1.82, 2.24) is 0 Å². The predicted molar refractivity (Wildman–Crippen MR) is 71.3 cm³/mol. The van der Waals surface area contributed by atoms with Gasteiger partial charge in [-0.15, -0.1) is 0 Å². The fourth-order valence-corrected chi connectivity index (χ4v) is 4.74. The summed E-state index contributed by atoms with van der Waals surface area (Å²) in [5, 5.41) is 0. The van der Waals surface area contributed by atoms with Crippen LogP contribution in [0.25, 0.3) is 0 Å². The summed E-state index contributed by atoms with van der Waals surface area (Å²) in [7, 11) is 0. The third-order valence-electron chi connectivity index (χ3n) is 3.80. The molecule has 0 saturated heterocycles. The van der Waals surface area contributed by atoms with Crippen molar-refractivity contribution in [2.45, 2.75) is 52.1 Å². The third kappa shape index (κ3) is 3.35. The molecular formula is C12H25PS. The summed E-state index contributed by atoms with van der Waals surface area (Å²) in [6.07, 6.45) is 5.61. The Morgan fingerprint density at radius 2 is 1.43 bits per heavy atom. The predicted octanol–water partition coefficient (Wildman–Crippen LogP) is 4.33. The van der Waals surface area contributed by atoms with E-state index in [4.69, 9.17) is 11.8 Å². The monoisotopic (exact) mass is 232 g/mol. The van der Waals surface area contributed by atoms with Crippen molar-refractivity contribution in [3.8, 4) is 0 Å². The van der Waals surface area contributed by atoms with Gasteiger partial charge in [0.2, 0.25) is 0 Å². The van der Waals surface area contributed by atoms with Crippen LogP contribution < -0.4 is 0 Å². The molecule has 0 amide bonds. The first-order chi connectivity index (χ1) is 6.21. The van der Waals surface area contributed by atoms with Crippen LogP contribution in [0, 0.1) is 11.3 Å². The van der Waals surface area contributed by atoms with Gasteiger partial charge in [-0.2, -0.15) is 0 Å². The fourth-order valence-electron chi connectivity index (χ4n) is 2.56. The van der Waals surface area contributed by atoms with E-state index >= 15 is 0 Å².